The van der Waals surface area contributed by atoms with Crippen molar-refractivity contribution in [3.8, 4) is 0 Å². The Morgan fingerprint density at radius 1 is 1.82 bits per heavy atom. The number of nitrogens with zero attached hydrogens (tertiary/aromatic N) is 1. The van der Waals surface area contributed by atoms with E-state index in [0.717, 1.165) is 5.82 Å². The number of thioether (sulfide) groups is 1. The molecule has 0 spiro atoms. The van der Waals surface area contributed by atoms with Crippen LogP contribution in [0.15, 0.2) is 12.4 Å². The molecule has 1 aromatic rings. The summed E-state index contributed by atoms with van der Waals surface area (Å²) >= 11 is 1.33. The fourth-order valence-corrected chi connectivity index (χ4v) is 1.24. The van der Waals surface area contributed by atoms with Gasteiger partial charge in [0.15, 0.2) is 0 Å². The number of hydrogen-bond acceptors (Lipinski definition) is 3. The summed E-state index contributed by atoms with van der Waals surface area (Å²) in [5, 5.41) is 8.29. The minimum absolute atomic E-state index is 0.126. The van der Waals surface area contributed by atoms with E-state index in [1.807, 2.05) is 0 Å². The Morgan fingerprint density at radius 2 is 2.64 bits per heavy atom. The van der Waals surface area contributed by atoms with Crippen molar-refractivity contribution >= 4 is 17.7 Å². The Bertz CT molecular complexity index is 222. The topological polar surface area (TPSA) is 66.0 Å². The molecule has 2 N–H and O–H groups in total. The molecule has 4 nitrogen and oxygen atoms in total. The zero-order valence-corrected chi connectivity index (χ0v) is 6.60. The summed E-state index contributed by atoms with van der Waals surface area (Å²) in [7, 11) is 0. The van der Waals surface area contributed by atoms with Crippen molar-refractivity contribution in [2.24, 2.45) is 0 Å². The van der Waals surface area contributed by atoms with Crippen LogP contribution in [-0.4, -0.2) is 26.8 Å². The first-order valence-corrected chi connectivity index (χ1v) is 4.22. The summed E-state index contributed by atoms with van der Waals surface area (Å²) < 4.78 is 0. The quantitative estimate of drug-likeness (QED) is 0.702. The van der Waals surface area contributed by atoms with Gasteiger partial charge in [-0.1, -0.05) is 0 Å². The zero-order chi connectivity index (χ0) is 8.10. The number of aromatic nitrogens is 2. The molecule has 0 radical (unpaired) electrons. The summed E-state index contributed by atoms with van der Waals surface area (Å²) in [5.74, 6) is 0.776. The third-order valence-corrected chi connectivity index (χ3v) is 1.95. The fourth-order valence-electron chi connectivity index (χ4n) is 0.612. The van der Waals surface area contributed by atoms with Crippen LogP contribution < -0.4 is 0 Å². The van der Waals surface area contributed by atoms with Crippen molar-refractivity contribution in [1.82, 2.24) is 9.97 Å². The van der Waals surface area contributed by atoms with Gasteiger partial charge in [-0.25, -0.2) is 4.98 Å². The van der Waals surface area contributed by atoms with Gasteiger partial charge in [-0.2, -0.15) is 0 Å². The Hall–Kier alpha value is -0.970. The molecule has 1 aromatic heterocycles. The summed E-state index contributed by atoms with van der Waals surface area (Å²) in [4.78, 5) is 16.9. The molecule has 0 bridgehead atoms. The molecule has 60 valence electrons. The molecule has 5 heteroatoms. The normalized spacial score (nSPS) is 9.82. The van der Waals surface area contributed by atoms with Crippen LogP contribution >= 0.6 is 11.8 Å². The second kappa shape index (κ2) is 4.02. The Kier molecular flexibility index (Phi) is 2.97. The molecule has 0 aromatic carbocycles. The van der Waals surface area contributed by atoms with Crippen LogP contribution in [0.2, 0.25) is 0 Å². The predicted molar refractivity (Wildman–Crippen MR) is 42.4 cm³/mol. The van der Waals surface area contributed by atoms with Crippen molar-refractivity contribution in [3.63, 3.8) is 0 Å². The number of carboxylic acids is 1. The lowest BCUT2D eigenvalue weighted by Gasteiger charge is -1.92. The number of imidazole rings is 1. The minimum atomic E-state index is -0.790. The number of aromatic amines is 1. The van der Waals surface area contributed by atoms with E-state index in [2.05, 4.69) is 9.97 Å². The molecule has 0 aliphatic heterocycles. The molecule has 0 aliphatic carbocycles. The van der Waals surface area contributed by atoms with E-state index < -0.39 is 5.97 Å². The molecule has 11 heavy (non-hydrogen) atoms. The number of hydrogen-bond donors (Lipinski definition) is 2. The van der Waals surface area contributed by atoms with E-state index in [9.17, 15) is 4.79 Å². The predicted octanol–water partition coefficient (Wildman–Crippen LogP) is 0.728. The first-order chi connectivity index (χ1) is 5.29. The number of nitrogens with one attached hydrogen (secondary N) is 1. The zero-order valence-electron chi connectivity index (χ0n) is 5.78. The largest absolute Gasteiger partial charge is 0.481 e. The minimum Gasteiger partial charge on any atom is -0.481 e. The third-order valence-electron chi connectivity index (χ3n) is 1.02. The lowest BCUT2D eigenvalue weighted by atomic mass is 10.7. The first-order valence-electron chi connectivity index (χ1n) is 3.07. The molecule has 0 aliphatic rings. The van der Waals surface area contributed by atoms with Crippen LogP contribution in [0.25, 0.3) is 0 Å². The highest BCUT2D eigenvalue weighted by molar-refractivity contribution is 7.99. The lowest BCUT2D eigenvalue weighted by molar-refractivity contribution is -0.133. The molecule has 0 unspecified atom stereocenters. The molecule has 1 heterocycles. The highest BCUT2D eigenvalue weighted by Gasteiger charge is 1.98. The molecular weight excluding hydrogens is 164 g/mol. The molecule has 1 rings (SSSR count). The number of aliphatic carboxylic acids is 1. The summed E-state index contributed by atoms with van der Waals surface area (Å²) in [6.45, 7) is 0. The molecule has 0 saturated heterocycles. The maximum atomic E-state index is 10.1. The summed E-state index contributed by atoms with van der Waals surface area (Å²) in [6, 6.07) is 0. The summed E-state index contributed by atoms with van der Waals surface area (Å²) in [6.07, 6.45) is 3.37. The number of H-pyrrole nitrogens is 1. The fraction of sp³-hybridized carbons (Fsp3) is 0.333. The Labute approximate surface area is 68.0 Å². The van der Waals surface area contributed by atoms with Gasteiger partial charge < -0.3 is 10.1 Å². The molecule has 0 fully saturated rings. The van der Waals surface area contributed by atoms with Gasteiger partial charge in [0.05, 0.1) is 11.5 Å². The van der Waals surface area contributed by atoms with Gasteiger partial charge in [0.2, 0.25) is 0 Å². The highest BCUT2D eigenvalue weighted by Crippen LogP contribution is 2.06. The molecular formula is C6H8N2O2S. The molecule has 0 atom stereocenters. The van der Waals surface area contributed by atoms with Crippen molar-refractivity contribution in [2.75, 3.05) is 5.75 Å². The van der Waals surface area contributed by atoms with E-state index >= 15 is 0 Å². The van der Waals surface area contributed by atoms with Crippen molar-refractivity contribution in [1.29, 1.82) is 0 Å². The number of rotatable bonds is 4. The van der Waals surface area contributed by atoms with Gasteiger partial charge in [-0.05, 0) is 0 Å². The van der Waals surface area contributed by atoms with Crippen LogP contribution in [0.1, 0.15) is 5.82 Å². The number of carboxylic acid groups (broad SMARTS) is 1. The highest BCUT2D eigenvalue weighted by atomic mass is 32.2. The molecule has 0 saturated carbocycles. The van der Waals surface area contributed by atoms with Crippen molar-refractivity contribution in [2.45, 2.75) is 5.75 Å². The van der Waals surface area contributed by atoms with Crippen LogP contribution in [0.4, 0.5) is 0 Å². The van der Waals surface area contributed by atoms with E-state index in [0.29, 0.717) is 5.75 Å². The van der Waals surface area contributed by atoms with Crippen LogP contribution in [-0.2, 0) is 10.5 Å². The van der Waals surface area contributed by atoms with E-state index in [1.165, 1.54) is 11.8 Å². The summed E-state index contributed by atoms with van der Waals surface area (Å²) in [5.41, 5.74) is 0. The maximum absolute atomic E-state index is 10.1. The first kappa shape index (κ1) is 8.13. The molecule has 0 amide bonds. The monoisotopic (exact) mass is 172 g/mol. The van der Waals surface area contributed by atoms with Gasteiger partial charge in [-0.3, -0.25) is 4.79 Å². The van der Waals surface area contributed by atoms with Gasteiger partial charge >= 0.3 is 5.97 Å². The Morgan fingerprint density at radius 3 is 3.18 bits per heavy atom. The van der Waals surface area contributed by atoms with E-state index in [1.54, 1.807) is 12.4 Å². The Balaban J connectivity index is 2.19. The average Bonchev–Trinajstić information content (AvgIpc) is 2.39. The van der Waals surface area contributed by atoms with Crippen LogP contribution in [0.5, 0.6) is 0 Å². The van der Waals surface area contributed by atoms with Crippen LogP contribution in [0, 0.1) is 0 Å². The lowest BCUT2D eigenvalue weighted by Crippen LogP contribution is -1.98. The van der Waals surface area contributed by atoms with Gasteiger partial charge in [-0.15, -0.1) is 11.8 Å². The van der Waals surface area contributed by atoms with E-state index in [4.69, 9.17) is 5.11 Å². The second-order valence-electron chi connectivity index (χ2n) is 1.92. The number of carbonyl (C=O) groups is 1. The van der Waals surface area contributed by atoms with E-state index in [-0.39, 0.29) is 5.75 Å². The maximum Gasteiger partial charge on any atom is 0.313 e. The van der Waals surface area contributed by atoms with Gasteiger partial charge in [0.25, 0.3) is 0 Å². The average molecular weight is 172 g/mol. The van der Waals surface area contributed by atoms with Crippen molar-refractivity contribution in [3.05, 3.63) is 18.2 Å². The van der Waals surface area contributed by atoms with Crippen LogP contribution in [0.3, 0.4) is 0 Å². The smallest absolute Gasteiger partial charge is 0.313 e. The third kappa shape index (κ3) is 3.08. The second-order valence-corrected chi connectivity index (χ2v) is 2.91. The standard InChI is InChI=1S/C6H8N2O2S/c9-6(10)4-11-3-5-7-1-2-8-5/h1-2H,3-4H2,(H,7,8)(H,9,10). The van der Waals surface area contributed by atoms with Crippen molar-refractivity contribution < 1.29 is 9.90 Å². The van der Waals surface area contributed by atoms with Gasteiger partial charge in [0.1, 0.15) is 5.82 Å². The SMILES string of the molecule is O=C(O)CSCc1ncc[nH]1. The van der Waals surface area contributed by atoms with Gasteiger partial charge in [0, 0.05) is 12.4 Å².